The number of aliphatic carboxylic acids is 1. The second-order valence-electron chi connectivity index (χ2n) is 4.41. The third-order valence-corrected chi connectivity index (χ3v) is 2.83. The number of nitrogens with zero attached hydrogens (tertiary/aromatic N) is 1. The van der Waals surface area contributed by atoms with Crippen LogP contribution < -0.4 is 5.32 Å². The van der Waals surface area contributed by atoms with Crippen molar-refractivity contribution in [3.8, 4) is 0 Å². The van der Waals surface area contributed by atoms with Gasteiger partial charge < -0.3 is 10.4 Å². The summed E-state index contributed by atoms with van der Waals surface area (Å²) in [5, 5.41) is 11.4. The average molecular weight is 252 g/mol. The van der Waals surface area contributed by atoms with Crippen LogP contribution in [-0.2, 0) is 4.79 Å². The van der Waals surface area contributed by atoms with Gasteiger partial charge in [0.25, 0.3) is 5.91 Å². The maximum Gasteiger partial charge on any atom is 0.326 e. The molecule has 2 N–H and O–H groups in total. The lowest BCUT2D eigenvalue weighted by Crippen LogP contribution is -2.41. The highest BCUT2D eigenvalue weighted by Gasteiger charge is 2.30. The molecular formula is C12H13FN2O3. The summed E-state index contributed by atoms with van der Waals surface area (Å²) < 4.78 is 12.6. The minimum absolute atomic E-state index is 0.0125. The molecule has 1 aliphatic rings. The van der Waals surface area contributed by atoms with Crippen LogP contribution in [0.3, 0.4) is 0 Å². The second kappa shape index (κ2) is 5.12. The highest BCUT2D eigenvalue weighted by atomic mass is 19.1. The number of amides is 1. The van der Waals surface area contributed by atoms with E-state index in [2.05, 4.69) is 10.3 Å². The van der Waals surface area contributed by atoms with E-state index in [1.807, 2.05) is 0 Å². The van der Waals surface area contributed by atoms with Gasteiger partial charge in [0, 0.05) is 0 Å². The summed E-state index contributed by atoms with van der Waals surface area (Å²) in [6.45, 7) is 0. The molecule has 2 rings (SSSR count). The van der Waals surface area contributed by atoms with Crippen molar-refractivity contribution < 1.29 is 19.1 Å². The van der Waals surface area contributed by atoms with Gasteiger partial charge in [-0.25, -0.2) is 14.2 Å². The molecule has 1 amide bonds. The van der Waals surface area contributed by atoms with Gasteiger partial charge in [0.2, 0.25) is 0 Å². The molecule has 1 saturated carbocycles. The fraction of sp³-hybridized carbons (Fsp3) is 0.417. The van der Waals surface area contributed by atoms with Crippen molar-refractivity contribution in [3.63, 3.8) is 0 Å². The van der Waals surface area contributed by atoms with E-state index in [4.69, 9.17) is 5.11 Å². The van der Waals surface area contributed by atoms with Crippen molar-refractivity contribution in [1.29, 1.82) is 0 Å². The van der Waals surface area contributed by atoms with Gasteiger partial charge in [-0.1, -0.05) is 12.8 Å². The minimum atomic E-state index is -1.06. The monoisotopic (exact) mass is 252 g/mol. The molecule has 1 aromatic rings. The second-order valence-corrected chi connectivity index (χ2v) is 4.41. The molecule has 0 aromatic carbocycles. The van der Waals surface area contributed by atoms with E-state index in [-0.39, 0.29) is 5.69 Å². The Morgan fingerprint density at radius 3 is 2.72 bits per heavy atom. The van der Waals surface area contributed by atoms with Crippen LogP contribution in [0, 0.1) is 11.7 Å². The summed E-state index contributed by atoms with van der Waals surface area (Å²) >= 11 is 0. The molecule has 96 valence electrons. The van der Waals surface area contributed by atoms with Gasteiger partial charge in [-0.2, -0.15) is 0 Å². The van der Waals surface area contributed by atoms with Crippen molar-refractivity contribution in [2.45, 2.75) is 25.3 Å². The zero-order valence-corrected chi connectivity index (χ0v) is 9.60. The van der Waals surface area contributed by atoms with Gasteiger partial charge >= 0.3 is 5.97 Å². The van der Waals surface area contributed by atoms with Gasteiger partial charge in [0.05, 0.1) is 6.20 Å². The molecule has 5 nitrogen and oxygen atoms in total. The number of hydrogen-bond donors (Lipinski definition) is 2. The first-order chi connectivity index (χ1) is 8.56. The van der Waals surface area contributed by atoms with Gasteiger partial charge in [-0.15, -0.1) is 0 Å². The number of halogens is 1. The maximum atomic E-state index is 12.6. The Bertz CT molecular complexity index is 457. The highest BCUT2D eigenvalue weighted by molar-refractivity contribution is 5.94. The lowest BCUT2D eigenvalue weighted by molar-refractivity contribution is -0.139. The summed E-state index contributed by atoms with van der Waals surface area (Å²) in [5.74, 6) is -1.81. The quantitative estimate of drug-likeness (QED) is 0.825. The summed E-state index contributed by atoms with van der Waals surface area (Å²) in [7, 11) is 0. The number of carboxylic acid groups (broad SMARTS) is 1. The lowest BCUT2D eigenvalue weighted by Gasteiger charge is -2.13. The lowest BCUT2D eigenvalue weighted by atomic mass is 10.1. The molecule has 1 aromatic heterocycles. The zero-order valence-electron chi connectivity index (χ0n) is 9.60. The topological polar surface area (TPSA) is 79.3 Å². The number of carbonyl (C=O) groups is 2. The minimum Gasteiger partial charge on any atom is -0.480 e. The molecule has 1 aliphatic carbocycles. The summed E-state index contributed by atoms with van der Waals surface area (Å²) in [6.07, 6.45) is 3.37. The van der Waals surface area contributed by atoms with Crippen LogP contribution in [-0.4, -0.2) is 28.0 Å². The summed E-state index contributed by atoms with van der Waals surface area (Å²) in [5.41, 5.74) is 0.0125. The Balaban J connectivity index is 1.99. The smallest absolute Gasteiger partial charge is 0.326 e. The van der Waals surface area contributed by atoms with Crippen LogP contribution in [0.2, 0.25) is 0 Å². The first-order valence-electron chi connectivity index (χ1n) is 5.71. The zero-order chi connectivity index (χ0) is 13.1. The fourth-order valence-corrected chi connectivity index (χ4v) is 1.65. The van der Waals surface area contributed by atoms with Crippen LogP contribution in [0.1, 0.15) is 29.8 Å². The van der Waals surface area contributed by atoms with Crippen molar-refractivity contribution in [1.82, 2.24) is 10.3 Å². The molecular weight excluding hydrogens is 239 g/mol. The molecule has 18 heavy (non-hydrogen) atoms. The van der Waals surface area contributed by atoms with Gasteiger partial charge in [-0.3, -0.25) is 4.79 Å². The number of aromatic nitrogens is 1. The number of carbonyl (C=O) groups excluding carboxylic acids is 1. The largest absolute Gasteiger partial charge is 0.480 e. The van der Waals surface area contributed by atoms with Gasteiger partial charge in [-0.05, 0) is 24.5 Å². The standard InChI is InChI=1S/C12H13FN2O3/c13-8-3-4-9(14-6-8)11(16)15-10(12(17)18)5-7-1-2-7/h3-4,6-7,10H,1-2,5H2,(H,15,16)(H,17,18)/t10-/m0/s1. The van der Waals surface area contributed by atoms with Crippen molar-refractivity contribution >= 4 is 11.9 Å². The molecule has 6 heteroatoms. The Morgan fingerprint density at radius 2 is 2.22 bits per heavy atom. The molecule has 0 radical (unpaired) electrons. The molecule has 0 unspecified atom stereocenters. The van der Waals surface area contributed by atoms with E-state index >= 15 is 0 Å². The number of carboxylic acids is 1. The molecule has 0 bridgehead atoms. The average Bonchev–Trinajstić information content (AvgIpc) is 3.12. The summed E-state index contributed by atoms with van der Waals surface area (Å²) in [6, 6.07) is 1.43. The predicted octanol–water partition coefficient (Wildman–Crippen LogP) is 1.20. The van der Waals surface area contributed by atoms with E-state index in [9.17, 15) is 14.0 Å². The van der Waals surface area contributed by atoms with Crippen LogP contribution in [0.25, 0.3) is 0 Å². The Labute approximate surface area is 103 Å². The Morgan fingerprint density at radius 1 is 1.50 bits per heavy atom. The normalized spacial score (nSPS) is 16.1. The van der Waals surface area contributed by atoms with Crippen molar-refractivity contribution in [2.24, 2.45) is 5.92 Å². The summed E-state index contributed by atoms with van der Waals surface area (Å²) in [4.78, 5) is 26.3. The molecule has 1 fully saturated rings. The molecule has 0 spiro atoms. The Hall–Kier alpha value is -1.98. The van der Waals surface area contributed by atoms with Gasteiger partial charge in [0.1, 0.15) is 17.6 Å². The van der Waals surface area contributed by atoms with Crippen LogP contribution in [0.15, 0.2) is 18.3 Å². The SMILES string of the molecule is O=C(N[C@@H](CC1CC1)C(=O)O)c1ccc(F)cn1. The van der Waals surface area contributed by atoms with Crippen LogP contribution >= 0.6 is 0 Å². The van der Waals surface area contributed by atoms with E-state index in [0.29, 0.717) is 12.3 Å². The number of rotatable bonds is 5. The third kappa shape index (κ3) is 3.26. The molecule has 1 heterocycles. The van der Waals surface area contributed by atoms with Crippen molar-refractivity contribution in [2.75, 3.05) is 0 Å². The maximum absolute atomic E-state index is 12.6. The number of nitrogens with one attached hydrogen (secondary N) is 1. The van der Waals surface area contributed by atoms with Crippen molar-refractivity contribution in [3.05, 3.63) is 29.8 Å². The molecule has 1 atom stereocenters. The number of pyridine rings is 1. The fourth-order valence-electron chi connectivity index (χ4n) is 1.65. The van der Waals surface area contributed by atoms with Gasteiger partial charge in [0.15, 0.2) is 0 Å². The van der Waals surface area contributed by atoms with Crippen LogP contribution in [0.5, 0.6) is 0 Å². The first-order valence-corrected chi connectivity index (χ1v) is 5.71. The molecule has 0 aliphatic heterocycles. The number of hydrogen-bond acceptors (Lipinski definition) is 3. The predicted molar refractivity (Wildman–Crippen MR) is 60.4 cm³/mol. The highest BCUT2D eigenvalue weighted by Crippen LogP contribution is 2.33. The van der Waals surface area contributed by atoms with E-state index < -0.39 is 23.7 Å². The van der Waals surface area contributed by atoms with E-state index in [0.717, 1.165) is 25.1 Å². The Kier molecular flexibility index (Phi) is 3.55. The first kappa shape index (κ1) is 12.5. The molecule has 0 saturated heterocycles. The van der Waals surface area contributed by atoms with E-state index in [1.54, 1.807) is 0 Å². The third-order valence-electron chi connectivity index (χ3n) is 2.83. The van der Waals surface area contributed by atoms with Crippen LogP contribution in [0.4, 0.5) is 4.39 Å². The van der Waals surface area contributed by atoms with E-state index in [1.165, 1.54) is 6.07 Å².